The summed E-state index contributed by atoms with van der Waals surface area (Å²) in [4.78, 5) is 75.5. The fourth-order valence-electron chi connectivity index (χ4n) is 5.31. The van der Waals surface area contributed by atoms with Gasteiger partial charge in [-0.25, -0.2) is 0 Å². The number of aliphatic carboxylic acids is 2. The molecule has 0 aliphatic heterocycles. The number of hydrogen-bond acceptors (Lipinski definition) is 6. The summed E-state index contributed by atoms with van der Waals surface area (Å²) in [6.45, 7) is 3.63. The highest BCUT2D eigenvalue weighted by Crippen LogP contribution is 2.31. The van der Waals surface area contributed by atoms with Gasteiger partial charge >= 0.3 is 11.9 Å². The fraction of sp³-hybridized carbons (Fsp3) is 0.467. The molecule has 0 unspecified atom stereocenters. The number of rotatable bonds is 13. The van der Waals surface area contributed by atoms with Crippen molar-refractivity contribution in [3.05, 3.63) is 48.0 Å². The van der Waals surface area contributed by atoms with Crippen LogP contribution in [0.2, 0.25) is 0 Å². The first-order valence-corrected chi connectivity index (χ1v) is 14.0. The molecule has 4 amide bonds. The van der Waals surface area contributed by atoms with Gasteiger partial charge in [-0.05, 0) is 47.6 Å². The minimum atomic E-state index is -1.59. The van der Waals surface area contributed by atoms with Crippen LogP contribution in [0.1, 0.15) is 64.0 Å². The van der Waals surface area contributed by atoms with Crippen LogP contribution < -0.4 is 21.7 Å². The monoisotopic (exact) mass is 582 g/mol. The first kappa shape index (κ1) is 32.0. The summed E-state index contributed by atoms with van der Waals surface area (Å²) in [5, 5.41) is 28.3. The predicted octanol–water partition coefficient (Wildman–Crippen LogP) is 1.86. The van der Waals surface area contributed by atoms with Crippen LogP contribution in [0.4, 0.5) is 0 Å². The predicted molar refractivity (Wildman–Crippen MR) is 153 cm³/mol. The zero-order chi connectivity index (χ0) is 31.0. The zero-order valence-corrected chi connectivity index (χ0v) is 23.7. The Morgan fingerprint density at radius 3 is 2.05 bits per heavy atom. The summed E-state index contributed by atoms with van der Waals surface area (Å²) >= 11 is 0. The lowest BCUT2D eigenvalue weighted by atomic mass is 9.78. The number of hydrogen-bond donors (Lipinski definition) is 6. The van der Waals surface area contributed by atoms with Gasteiger partial charge in [0.1, 0.15) is 18.1 Å². The zero-order valence-electron chi connectivity index (χ0n) is 23.7. The van der Waals surface area contributed by atoms with E-state index in [1.165, 1.54) is 0 Å². The molecule has 2 aromatic rings. The standard InChI is InChI=1S/C30H38N4O8/c1-16(2)13-22(26(31)37)32-28(39)23(15-24(35)36)33-29(40)25(19-12-11-17-7-3-4-8-18(17)14-19)34-27(38)20-9-5-6-10-21(20)30(41)42/h3-4,7-8,11-12,14,16,20-23,25H,5-6,9-10,13,15H2,1-2H3,(H2,31,37)(H,32,39)(H,33,40)(H,34,38)(H,35,36)(H,41,42)/t20-,21-,22+,23+,25+/m1/s1. The molecular formula is C30H38N4O8. The van der Waals surface area contributed by atoms with Crippen molar-refractivity contribution in [3.8, 4) is 0 Å². The van der Waals surface area contributed by atoms with Crippen molar-refractivity contribution in [2.75, 3.05) is 0 Å². The molecule has 1 saturated carbocycles. The Morgan fingerprint density at radius 1 is 0.833 bits per heavy atom. The number of amides is 4. The molecule has 0 heterocycles. The van der Waals surface area contributed by atoms with Gasteiger partial charge in [-0.15, -0.1) is 0 Å². The van der Waals surface area contributed by atoms with Crippen molar-refractivity contribution in [2.24, 2.45) is 23.5 Å². The molecule has 0 aromatic heterocycles. The van der Waals surface area contributed by atoms with Crippen molar-refractivity contribution in [3.63, 3.8) is 0 Å². The van der Waals surface area contributed by atoms with Crippen molar-refractivity contribution in [1.82, 2.24) is 16.0 Å². The normalized spacial score (nSPS) is 18.8. The van der Waals surface area contributed by atoms with Crippen LogP contribution >= 0.6 is 0 Å². The minimum absolute atomic E-state index is 0.0165. The Hall–Kier alpha value is -4.48. The number of fused-ring (bicyclic) bond motifs is 1. The van der Waals surface area contributed by atoms with Crippen molar-refractivity contribution in [1.29, 1.82) is 0 Å². The number of nitrogens with one attached hydrogen (secondary N) is 3. The number of primary amides is 1. The van der Waals surface area contributed by atoms with E-state index in [9.17, 15) is 39.0 Å². The van der Waals surface area contributed by atoms with E-state index < -0.39 is 71.9 Å². The summed E-state index contributed by atoms with van der Waals surface area (Å²) < 4.78 is 0. The summed E-state index contributed by atoms with van der Waals surface area (Å²) in [5.74, 6) is -7.48. The maximum atomic E-state index is 13.7. The highest BCUT2D eigenvalue weighted by molar-refractivity contribution is 5.97. The number of carbonyl (C=O) groups is 6. The highest BCUT2D eigenvalue weighted by Gasteiger charge is 2.38. The van der Waals surface area contributed by atoms with Crippen LogP contribution in [-0.2, 0) is 28.8 Å². The van der Waals surface area contributed by atoms with Crippen LogP contribution in [0.15, 0.2) is 42.5 Å². The second-order valence-electron chi connectivity index (χ2n) is 11.1. The van der Waals surface area contributed by atoms with E-state index in [2.05, 4.69) is 16.0 Å². The lowest BCUT2D eigenvalue weighted by Gasteiger charge is -2.30. The Bertz CT molecular complexity index is 1340. The van der Waals surface area contributed by atoms with Gasteiger partial charge in [-0.3, -0.25) is 28.8 Å². The Balaban J connectivity index is 1.93. The van der Waals surface area contributed by atoms with E-state index >= 15 is 0 Å². The van der Waals surface area contributed by atoms with Gasteiger partial charge in [0.25, 0.3) is 0 Å². The van der Waals surface area contributed by atoms with Crippen molar-refractivity contribution < 1.29 is 39.0 Å². The summed E-state index contributed by atoms with van der Waals surface area (Å²) in [5.41, 5.74) is 5.77. The molecule has 0 saturated heterocycles. The van der Waals surface area contributed by atoms with Gasteiger partial charge in [0.15, 0.2) is 0 Å². The summed E-state index contributed by atoms with van der Waals surface area (Å²) in [6, 6.07) is 8.35. The average molecular weight is 583 g/mol. The Labute approximate surface area is 243 Å². The highest BCUT2D eigenvalue weighted by atomic mass is 16.4. The van der Waals surface area contributed by atoms with Crippen molar-refractivity contribution >= 4 is 46.3 Å². The van der Waals surface area contributed by atoms with Gasteiger partial charge in [0, 0.05) is 0 Å². The quantitative estimate of drug-likeness (QED) is 0.205. The molecule has 226 valence electrons. The van der Waals surface area contributed by atoms with Crippen LogP contribution in [0.3, 0.4) is 0 Å². The molecular weight excluding hydrogens is 544 g/mol. The SMILES string of the molecule is CC(C)C[C@H](NC(=O)[C@H](CC(=O)O)NC(=O)[C@@H](NC(=O)[C@@H]1CCCC[C@H]1C(=O)O)c1ccc2ccccc2c1)C(N)=O. The molecule has 1 fully saturated rings. The van der Waals surface area contributed by atoms with Gasteiger partial charge in [0.2, 0.25) is 23.6 Å². The number of carboxylic acid groups (broad SMARTS) is 2. The summed E-state index contributed by atoms with van der Waals surface area (Å²) in [7, 11) is 0. The van der Waals surface area contributed by atoms with E-state index in [-0.39, 0.29) is 12.3 Å². The molecule has 7 N–H and O–H groups in total. The van der Waals surface area contributed by atoms with E-state index in [1.54, 1.807) is 24.3 Å². The van der Waals surface area contributed by atoms with Crippen molar-refractivity contribution in [2.45, 2.75) is 70.5 Å². The molecule has 0 bridgehead atoms. The number of nitrogens with two attached hydrogens (primary N) is 1. The second-order valence-corrected chi connectivity index (χ2v) is 11.1. The smallest absolute Gasteiger partial charge is 0.307 e. The lowest BCUT2D eigenvalue weighted by Crippen LogP contribution is -2.55. The Morgan fingerprint density at radius 2 is 1.45 bits per heavy atom. The van der Waals surface area contributed by atoms with Gasteiger partial charge in [0.05, 0.1) is 18.3 Å². The average Bonchev–Trinajstić information content (AvgIpc) is 2.94. The number of benzene rings is 2. The molecule has 2 aromatic carbocycles. The molecule has 0 spiro atoms. The van der Waals surface area contributed by atoms with Gasteiger partial charge in [-0.2, -0.15) is 0 Å². The second kappa shape index (κ2) is 14.4. The van der Waals surface area contributed by atoms with Crippen LogP contribution in [0.5, 0.6) is 0 Å². The molecule has 12 heteroatoms. The third kappa shape index (κ3) is 8.51. The molecule has 3 rings (SSSR count). The van der Waals surface area contributed by atoms with E-state index in [4.69, 9.17) is 5.73 Å². The van der Waals surface area contributed by atoms with Gasteiger partial charge in [-0.1, -0.05) is 63.1 Å². The fourth-order valence-corrected chi connectivity index (χ4v) is 5.31. The molecule has 1 aliphatic carbocycles. The summed E-state index contributed by atoms with van der Waals surface area (Å²) in [6.07, 6.45) is 1.41. The topological polar surface area (TPSA) is 205 Å². The largest absolute Gasteiger partial charge is 0.481 e. The Kier molecular flexibility index (Phi) is 11.0. The maximum absolute atomic E-state index is 13.7. The molecule has 42 heavy (non-hydrogen) atoms. The van der Waals surface area contributed by atoms with E-state index in [0.29, 0.717) is 31.2 Å². The third-order valence-corrected chi connectivity index (χ3v) is 7.45. The molecule has 1 aliphatic rings. The minimum Gasteiger partial charge on any atom is -0.481 e. The number of carboxylic acids is 2. The first-order chi connectivity index (χ1) is 19.9. The van der Waals surface area contributed by atoms with E-state index in [0.717, 1.165) is 10.8 Å². The van der Waals surface area contributed by atoms with E-state index in [1.807, 2.05) is 32.0 Å². The molecule has 5 atom stereocenters. The number of carbonyl (C=O) groups excluding carboxylic acids is 4. The maximum Gasteiger partial charge on any atom is 0.307 e. The first-order valence-electron chi connectivity index (χ1n) is 14.0. The van der Waals surface area contributed by atoms with Gasteiger partial charge < -0.3 is 31.9 Å². The lowest BCUT2D eigenvalue weighted by molar-refractivity contribution is -0.149. The molecule has 12 nitrogen and oxygen atoms in total. The molecule has 0 radical (unpaired) electrons. The van der Waals surface area contributed by atoms with Crippen LogP contribution in [0, 0.1) is 17.8 Å². The third-order valence-electron chi connectivity index (χ3n) is 7.45. The van der Waals surface area contributed by atoms with Crippen LogP contribution in [0.25, 0.3) is 10.8 Å². The van der Waals surface area contributed by atoms with Crippen LogP contribution in [-0.4, -0.2) is 57.9 Å².